The molecule has 2 heterocycles. The number of ether oxygens (including phenoxy) is 10. The van der Waals surface area contributed by atoms with Crippen LogP contribution in [0.4, 0.5) is 0 Å². The molecule has 0 amide bonds. The topological polar surface area (TPSA) is 232 Å². The predicted molar refractivity (Wildman–Crippen MR) is 143 cm³/mol. The van der Waals surface area contributed by atoms with Crippen LogP contribution in [-0.2, 0) is 80.9 Å². The van der Waals surface area contributed by atoms with Gasteiger partial charge in [0.15, 0.2) is 30.7 Å². The van der Waals surface area contributed by atoms with E-state index in [9.17, 15) is 38.7 Å². The highest BCUT2D eigenvalue weighted by molar-refractivity contribution is 9.10. The molecule has 10 atom stereocenters. The summed E-state index contributed by atoms with van der Waals surface area (Å²) in [6, 6.07) is 0. The molecule has 45 heavy (non-hydrogen) atoms. The van der Waals surface area contributed by atoms with Crippen molar-refractivity contribution >= 4 is 57.7 Å². The minimum atomic E-state index is -2.31. The van der Waals surface area contributed by atoms with Gasteiger partial charge in [0.25, 0.3) is 0 Å². The average molecular weight is 715 g/mol. The molecular weight excluding hydrogens is 680 g/mol. The van der Waals surface area contributed by atoms with Crippen molar-refractivity contribution in [3.05, 3.63) is 0 Å². The third-order valence-corrected chi connectivity index (χ3v) is 6.74. The van der Waals surface area contributed by atoms with Crippen LogP contribution in [0.15, 0.2) is 0 Å². The maximum absolute atomic E-state index is 12.2. The fourth-order valence-corrected chi connectivity index (χ4v) is 5.42. The number of hydrogen-bond acceptors (Lipinski definition) is 18. The first-order valence-electron chi connectivity index (χ1n) is 13.4. The molecule has 254 valence electrons. The van der Waals surface area contributed by atoms with Crippen molar-refractivity contribution in [3.63, 3.8) is 0 Å². The van der Waals surface area contributed by atoms with Crippen LogP contribution < -0.4 is 0 Å². The van der Waals surface area contributed by atoms with E-state index in [-0.39, 0.29) is 0 Å². The third kappa shape index (κ3) is 10.6. The molecule has 0 aliphatic carbocycles. The fraction of sp³-hybridized carbons (Fsp3) is 0.731. The van der Waals surface area contributed by atoms with E-state index in [1.807, 2.05) is 0 Å². The van der Waals surface area contributed by atoms with Gasteiger partial charge >= 0.3 is 46.5 Å². The highest BCUT2D eigenvalue weighted by Gasteiger charge is 2.62. The zero-order valence-corrected chi connectivity index (χ0v) is 27.0. The Kier molecular flexibility index (Phi) is 13.7. The highest BCUT2D eigenvalue weighted by Crippen LogP contribution is 2.42. The van der Waals surface area contributed by atoms with E-state index in [0.717, 1.165) is 48.5 Å². The Morgan fingerprint density at radius 3 is 1.58 bits per heavy atom. The SMILES string of the molecule is CC(=O)OC[C@H]1O[C@@H](O[C@H]2[C@H](OC(C)=O)[C@@H](OC(C)=O)C(Br)(OC(C)=O)O[C@@H]2CO)[C@H](OC(C)=O)[C@@H](OC(C)=O)[C@H]1OC(C)=O. The molecule has 2 fully saturated rings. The number of aliphatic hydroxyl groups excluding tert-OH is 1. The normalized spacial score (nSPS) is 32.7. The van der Waals surface area contributed by atoms with Gasteiger partial charge in [0, 0.05) is 48.5 Å². The van der Waals surface area contributed by atoms with Crippen molar-refractivity contribution < 1.29 is 86.0 Å². The van der Waals surface area contributed by atoms with Gasteiger partial charge in [-0.15, -0.1) is 0 Å². The molecule has 0 spiro atoms. The second kappa shape index (κ2) is 16.3. The average Bonchev–Trinajstić information content (AvgIpc) is 2.88. The molecule has 0 radical (unpaired) electrons. The van der Waals surface area contributed by atoms with Crippen molar-refractivity contribution in [2.45, 2.75) is 108 Å². The van der Waals surface area contributed by atoms with Crippen LogP contribution in [0.3, 0.4) is 0 Å². The maximum Gasteiger partial charge on any atom is 0.312 e. The summed E-state index contributed by atoms with van der Waals surface area (Å²) in [5.74, 6) is -6.28. The number of carbonyl (C=O) groups is 7. The number of halogens is 1. The lowest BCUT2D eigenvalue weighted by Crippen LogP contribution is -2.69. The summed E-state index contributed by atoms with van der Waals surface area (Å²) >= 11 is 3.06. The van der Waals surface area contributed by atoms with Crippen molar-refractivity contribution in [2.75, 3.05) is 13.2 Å². The number of carbonyl (C=O) groups excluding carboxylic acids is 7. The number of esters is 7. The predicted octanol–water partition coefficient (Wildman–Crippen LogP) is -0.679. The van der Waals surface area contributed by atoms with Crippen LogP contribution >= 0.6 is 15.9 Å². The molecule has 2 rings (SSSR count). The first-order chi connectivity index (χ1) is 20.9. The molecule has 0 aromatic heterocycles. The summed E-state index contributed by atoms with van der Waals surface area (Å²) in [4.78, 5) is 84.2. The smallest absolute Gasteiger partial charge is 0.312 e. The summed E-state index contributed by atoms with van der Waals surface area (Å²) in [5, 5.41) is 10.3. The van der Waals surface area contributed by atoms with Gasteiger partial charge in [-0.05, 0) is 15.9 Å². The van der Waals surface area contributed by atoms with Crippen LogP contribution in [0.1, 0.15) is 48.5 Å². The van der Waals surface area contributed by atoms with E-state index in [1.54, 1.807) is 0 Å². The molecule has 0 saturated carbocycles. The summed E-state index contributed by atoms with van der Waals surface area (Å²) in [5.41, 5.74) is 0. The quantitative estimate of drug-likeness (QED) is 0.159. The lowest BCUT2D eigenvalue weighted by molar-refractivity contribution is -0.362. The number of aliphatic hydroxyl groups is 1. The van der Waals surface area contributed by atoms with Gasteiger partial charge in [0.1, 0.15) is 24.9 Å². The minimum absolute atomic E-state index is 0.581. The van der Waals surface area contributed by atoms with Crippen LogP contribution in [0.2, 0.25) is 0 Å². The van der Waals surface area contributed by atoms with E-state index >= 15 is 0 Å². The fourth-order valence-electron chi connectivity index (χ4n) is 4.59. The van der Waals surface area contributed by atoms with Gasteiger partial charge in [-0.1, -0.05) is 0 Å². The van der Waals surface area contributed by atoms with Crippen molar-refractivity contribution in [3.8, 4) is 0 Å². The first-order valence-corrected chi connectivity index (χ1v) is 14.1. The summed E-state index contributed by atoms with van der Waals surface area (Å²) in [7, 11) is 0. The van der Waals surface area contributed by atoms with Crippen molar-refractivity contribution in [2.24, 2.45) is 0 Å². The first kappa shape index (κ1) is 37.8. The zero-order valence-electron chi connectivity index (χ0n) is 25.4. The van der Waals surface area contributed by atoms with Crippen LogP contribution in [0, 0.1) is 0 Å². The molecule has 2 aliphatic rings. The van der Waals surface area contributed by atoms with Gasteiger partial charge in [-0.3, -0.25) is 33.6 Å². The second-order valence-electron chi connectivity index (χ2n) is 9.79. The summed E-state index contributed by atoms with van der Waals surface area (Å²) < 4.78 is 52.5. The molecule has 1 unspecified atom stereocenters. The summed E-state index contributed by atoms with van der Waals surface area (Å²) in [6.45, 7) is 5.68. The van der Waals surface area contributed by atoms with Gasteiger partial charge in [-0.25, -0.2) is 0 Å². The van der Waals surface area contributed by atoms with E-state index in [2.05, 4.69) is 15.9 Å². The Bertz CT molecular complexity index is 1140. The van der Waals surface area contributed by atoms with E-state index in [4.69, 9.17) is 47.4 Å². The Labute approximate surface area is 265 Å². The van der Waals surface area contributed by atoms with Crippen LogP contribution in [0.25, 0.3) is 0 Å². The molecular formula is C26H35BrO18. The molecule has 18 nitrogen and oxygen atoms in total. The molecule has 19 heteroatoms. The Balaban J connectivity index is 2.70. The van der Waals surface area contributed by atoms with E-state index in [0.29, 0.717) is 0 Å². The molecule has 0 aromatic carbocycles. The standard InChI is InChI=1S/C26H35BrO18/c1-10(29)36-9-18-20(37-11(2)30)21(38-12(3)31)23(40-14(5)33)25(42-18)43-19-17(8-28)45-26(27,44-16(7)35)24(41-15(6)34)22(19)39-13(4)32/h17-25,28H,8-9H2,1-7H3/t17-,18-,19-,20+,21+,22+,23-,24-,25+,26?/m1/s1. The van der Waals surface area contributed by atoms with E-state index in [1.165, 1.54) is 0 Å². The lowest BCUT2D eigenvalue weighted by atomic mass is 9.96. The van der Waals surface area contributed by atoms with Gasteiger partial charge < -0.3 is 52.5 Å². The van der Waals surface area contributed by atoms with Crippen LogP contribution in [0.5, 0.6) is 0 Å². The second-order valence-corrected chi connectivity index (χ2v) is 10.9. The monoisotopic (exact) mass is 714 g/mol. The molecule has 1 N–H and O–H groups in total. The molecule has 0 aromatic rings. The maximum atomic E-state index is 12.2. The van der Waals surface area contributed by atoms with Crippen molar-refractivity contribution in [1.29, 1.82) is 0 Å². The third-order valence-electron chi connectivity index (χ3n) is 5.94. The highest BCUT2D eigenvalue weighted by atomic mass is 79.9. The van der Waals surface area contributed by atoms with Gasteiger partial charge in [0.2, 0.25) is 6.10 Å². The van der Waals surface area contributed by atoms with Crippen molar-refractivity contribution in [1.82, 2.24) is 0 Å². The van der Waals surface area contributed by atoms with Gasteiger partial charge in [0.05, 0.1) is 6.61 Å². The Hall–Kier alpha value is -3.39. The zero-order chi connectivity index (χ0) is 34.2. The number of hydrogen-bond donors (Lipinski definition) is 1. The van der Waals surface area contributed by atoms with Gasteiger partial charge in [-0.2, -0.15) is 0 Å². The van der Waals surface area contributed by atoms with Crippen LogP contribution in [-0.4, -0.2) is 120 Å². The lowest BCUT2D eigenvalue weighted by Gasteiger charge is -2.50. The number of alkyl halides is 1. The molecule has 2 saturated heterocycles. The largest absolute Gasteiger partial charge is 0.463 e. The molecule has 2 aliphatic heterocycles. The summed E-state index contributed by atoms with van der Waals surface area (Å²) in [6.07, 6.45) is -14.8. The Morgan fingerprint density at radius 2 is 1.11 bits per heavy atom. The minimum Gasteiger partial charge on any atom is -0.463 e. The molecule has 0 bridgehead atoms. The van der Waals surface area contributed by atoms with E-state index < -0.39 is 115 Å². The Morgan fingerprint density at radius 1 is 0.622 bits per heavy atom. The number of rotatable bonds is 11.